The van der Waals surface area contributed by atoms with Gasteiger partial charge in [-0.3, -0.25) is 4.98 Å². The van der Waals surface area contributed by atoms with Gasteiger partial charge in [0.05, 0.1) is 11.4 Å². The lowest BCUT2D eigenvalue weighted by molar-refractivity contribution is 0.660. The van der Waals surface area contributed by atoms with Crippen LogP contribution >= 0.6 is 0 Å². The molecule has 0 saturated heterocycles. The highest BCUT2D eigenvalue weighted by Crippen LogP contribution is 2.50. The van der Waals surface area contributed by atoms with Crippen LogP contribution < -0.4 is 0 Å². The Morgan fingerprint density at radius 2 is 0.902 bits per heavy atom. The van der Waals surface area contributed by atoms with Crippen molar-refractivity contribution in [3.63, 3.8) is 0 Å². The van der Waals surface area contributed by atoms with Crippen LogP contribution in [0.2, 0.25) is 0 Å². The lowest BCUT2D eigenvalue weighted by Crippen LogP contribution is -2.14. The maximum Gasteiger partial charge on any atom is 0.161 e. The molecule has 0 radical (unpaired) electrons. The summed E-state index contributed by atoms with van der Waals surface area (Å²) in [6.07, 6.45) is 3.72. The summed E-state index contributed by atoms with van der Waals surface area (Å²) >= 11 is 0. The van der Waals surface area contributed by atoms with E-state index >= 15 is 0 Å². The monoisotopic (exact) mass is 777 g/mol. The lowest BCUT2D eigenvalue weighted by Gasteiger charge is -2.22. The van der Waals surface area contributed by atoms with E-state index in [9.17, 15) is 0 Å². The maximum absolute atomic E-state index is 5.45. The molecule has 12 rings (SSSR count). The van der Waals surface area contributed by atoms with Crippen molar-refractivity contribution in [2.75, 3.05) is 0 Å². The molecular formula is C58H39N3. The molecular weight excluding hydrogens is 739 g/mol. The van der Waals surface area contributed by atoms with Gasteiger partial charge in [0.25, 0.3) is 0 Å². The number of benzene rings is 9. The molecule has 0 amide bonds. The summed E-state index contributed by atoms with van der Waals surface area (Å²) in [5.74, 6) is 0.694. The zero-order valence-electron chi connectivity index (χ0n) is 33.9. The van der Waals surface area contributed by atoms with Crippen LogP contribution in [0.5, 0.6) is 0 Å². The van der Waals surface area contributed by atoms with Crippen molar-refractivity contribution < 1.29 is 0 Å². The molecule has 0 fully saturated rings. The second-order valence-electron chi connectivity index (χ2n) is 16.8. The van der Waals surface area contributed by atoms with E-state index in [-0.39, 0.29) is 5.41 Å². The van der Waals surface area contributed by atoms with E-state index in [2.05, 4.69) is 201 Å². The predicted molar refractivity (Wildman–Crippen MR) is 255 cm³/mol. The van der Waals surface area contributed by atoms with Crippen LogP contribution in [0, 0.1) is 0 Å². The van der Waals surface area contributed by atoms with Crippen molar-refractivity contribution in [1.82, 2.24) is 15.0 Å². The van der Waals surface area contributed by atoms with E-state index in [1.54, 1.807) is 0 Å². The van der Waals surface area contributed by atoms with Gasteiger partial charge in [0.15, 0.2) is 5.82 Å². The number of rotatable bonds is 5. The van der Waals surface area contributed by atoms with Crippen molar-refractivity contribution >= 4 is 43.1 Å². The van der Waals surface area contributed by atoms with E-state index < -0.39 is 0 Å². The van der Waals surface area contributed by atoms with Crippen molar-refractivity contribution in [3.8, 4) is 67.3 Å². The van der Waals surface area contributed by atoms with Crippen molar-refractivity contribution in [2.24, 2.45) is 0 Å². The maximum atomic E-state index is 5.45. The molecule has 61 heavy (non-hydrogen) atoms. The molecule has 0 unspecified atom stereocenters. The van der Waals surface area contributed by atoms with Gasteiger partial charge in [-0.15, -0.1) is 0 Å². The summed E-state index contributed by atoms with van der Waals surface area (Å²) in [6.45, 7) is 4.68. The number of fused-ring (bicyclic) bond motifs is 11. The van der Waals surface area contributed by atoms with Crippen LogP contribution in [0.1, 0.15) is 25.0 Å². The van der Waals surface area contributed by atoms with Crippen LogP contribution in [0.3, 0.4) is 0 Å². The Labute approximate surface area is 354 Å². The van der Waals surface area contributed by atoms with Gasteiger partial charge >= 0.3 is 0 Å². The Morgan fingerprint density at radius 1 is 0.344 bits per heavy atom. The molecule has 0 aliphatic heterocycles. The van der Waals surface area contributed by atoms with Gasteiger partial charge in [-0.2, -0.15) is 0 Å². The Hall–Kier alpha value is -7.75. The molecule has 3 nitrogen and oxygen atoms in total. The van der Waals surface area contributed by atoms with E-state index in [0.717, 1.165) is 44.6 Å². The molecule has 0 atom stereocenters. The minimum absolute atomic E-state index is 0.0592. The third-order valence-corrected chi connectivity index (χ3v) is 13.0. The SMILES string of the molecule is CC1(C)c2ccccc2-c2ccc(-c3ccc(-c4cc(-c5cccc(-c6cccnc6)c5)nc(-c5cc6c7ccccc7c7ccccc7c6c6ccccc56)n4)cc3)cc21. The van der Waals surface area contributed by atoms with Gasteiger partial charge in [0.1, 0.15) is 0 Å². The average Bonchev–Trinajstić information content (AvgIpc) is 3.56. The third kappa shape index (κ3) is 5.62. The number of nitrogens with zero attached hydrogens (tertiary/aromatic N) is 3. The number of pyridine rings is 1. The molecule has 2 heterocycles. The zero-order chi connectivity index (χ0) is 40.7. The van der Waals surface area contributed by atoms with Crippen LogP contribution in [0.4, 0.5) is 0 Å². The quantitative estimate of drug-likeness (QED) is 0.163. The molecule has 0 bridgehead atoms. The fraction of sp³-hybridized carbons (Fsp3) is 0.0517. The minimum atomic E-state index is -0.0592. The molecule has 11 aromatic rings. The number of hydrogen-bond acceptors (Lipinski definition) is 3. The Bertz CT molecular complexity index is 3550. The van der Waals surface area contributed by atoms with Crippen molar-refractivity contribution in [2.45, 2.75) is 19.3 Å². The topological polar surface area (TPSA) is 38.7 Å². The molecule has 2 aromatic heterocycles. The summed E-state index contributed by atoms with van der Waals surface area (Å²) in [6, 6.07) is 68.1. The highest BCUT2D eigenvalue weighted by atomic mass is 14.9. The molecule has 3 heteroatoms. The minimum Gasteiger partial charge on any atom is -0.264 e. The highest BCUT2D eigenvalue weighted by Gasteiger charge is 2.35. The average molecular weight is 778 g/mol. The van der Waals surface area contributed by atoms with E-state index in [4.69, 9.17) is 9.97 Å². The largest absolute Gasteiger partial charge is 0.264 e. The summed E-state index contributed by atoms with van der Waals surface area (Å²) in [7, 11) is 0. The van der Waals surface area contributed by atoms with Gasteiger partial charge in [-0.1, -0.05) is 172 Å². The molecule has 0 N–H and O–H groups in total. The Morgan fingerprint density at radius 3 is 1.66 bits per heavy atom. The van der Waals surface area contributed by atoms with Gasteiger partial charge < -0.3 is 0 Å². The summed E-state index contributed by atoms with van der Waals surface area (Å²) in [4.78, 5) is 15.3. The molecule has 1 aliphatic carbocycles. The molecule has 0 saturated carbocycles. The van der Waals surface area contributed by atoms with Gasteiger partial charge in [-0.05, 0) is 112 Å². The first-order valence-electron chi connectivity index (χ1n) is 21.0. The second-order valence-corrected chi connectivity index (χ2v) is 16.8. The second kappa shape index (κ2) is 13.7. The zero-order valence-corrected chi connectivity index (χ0v) is 33.9. The molecule has 0 spiro atoms. The van der Waals surface area contributed by atoms with E-state index in [1.807, 2.05) is 18.5 Å². The number of aromatic nitrogens is 3. The summed E-state index contributed by atoms with van der Waals surface area (Å²) < 4.78 is 0. The van der Waals surface area contributed by atoms with Crippen LogP contribution in [-0.2, 0) is 5.41 Å². The van der Waals surface area contributed by atoms with Gasteiger partial charge in [-0.25, -0.2) is 9.97 Å². The van der Waals surface area contributed by atoms with Gasteiger partial charge in [0.2, 0.25) is 0 Å². The van der Waals surface area contributed by atoms with Crippen LogP contribution in [0.25, 0.3) is 110 Å². The lowest BCUT2D eigenvalue weighted by atomic mass is 9.81. The Kier molecular flexibility index (Phi) is 7.88. The van der Waals surface area contributed by atoms with Crippen LogP contribution in [-0.4, -0.2) is 15.0 Å². The molecule has 286 valence electrons. The fourth-order valence-electron chi connectivity index (χ4n) is 9.92. The first-order valence-corrected chi connectivity index (χ1v) is 21.0. The summed E-state index contributed by atoms with van der Waals surface area (Å²) in [5.41, 5.74) is 14.7. The highest BCUT2D eigenvalue weighted by molar-refractivity contribution is 6.32. The normalized spacial score (nSPS) is 12.9. The van der Waals surface area contributed by atoms with E-state index in [0.29, 0.717) is 5.82 Å². The smallest absolute Gasteiger partial charge is 0.161 e. The third-order valence-electron chi connectivity index (χ3n) is 13.0. The standard InChI is InChI=1S/C58H39N3/c1-58(2)52-23-10-9-20-46(52)47-29-28-39(32-53(47)58)36-24-26-37(27-25-36)54-34-55(40-14-11-13-38(31-40)41-15-12-30-59-35-41)61-57(60-54)51-33-50-44-18-4-3-16-42(44)43-17-5-7-21-48(43)56(50)49-22-8-6-19-45(49)51/h3-35H,1-2H3. The predicted octanol–water partition coefficient (Wildman–Crippen LogP) is 15.1. The van der Waals surface area contributed by atoms with Crippen LogP contribution in [0.15, 0.2) is 200 Å². The first-order chi connectivity index (χ1) is 30.0. The van der Waals surface area contributed by atoms with Crippen molar-refractivity contribution in [3.05, 3.63) is 212 Å². The van der Waals surface area contributed by atoms with E-state index in [1.165, 1.54) is 71.1 Å². The first kappa shape index (κ1) is 35.2. The van der Waals surface area contributed by atoms with Crippen molar-refractivity contribution in [1.29, 1.82) is 0 Å². The molecule has 1 aliphatic rings. The summed E-state index contributed by atoms with van der Waals surface area (Å²) in [5, 5.41) is 9.73. The Balaban J connectivity index is 1.05. The number of hydrogen-bond donors (Lipinski definition) is 0. The van der Waals surface area contributed by atoms with Gasteiger partial charge in [0, 0.05) is 40.1 Å². The fourth-order valence-corrected chi connectivity index (χ4v) is 9.92. The molecule has 9 aromatic carbocycles.